The Labute approximate surface area is 162 Å². The van der Waals surface area contributed by atoms with Gasteiger partial charge >= 0.3 is 0 Å². The van der Waals surface area contributed by atoms with E-state index in [2.05, 4.69) is 15.5 Å². The second-order valence-electron chi connectivity index (χ2n) is 7.13. The van der Waals surface area contributed by atoms with E-state index in [0.29, 0.717) is 24.0 Å². The van der Waals surface area contributed by atoms with Gasteiger partial charge in [-0.1, -0.05) is 30.3 Å². The van der Waals surface area contributed by atoms with Crippen molar-refractivity contribution in [2.75, 3.05) is 11.5 Å². The van der Waals surface area contributed by atoms with Crippen molar-refractivity contribution >= 4 is 27.5 Å². The van der Waals surface area contributed by atoms with Gasteiger partial charge in [-0.3, -0.25) is 4.79 Å². The summed E-state index contributed by atoms with van der Waals surface area (Å²) in [7, 11) is -2.93. The molecule has 1 saturated carbocycles. The predicted molar refractivity (Wildman–Crippen MR) is 101 cm³/mol. The van der Waals surface area contributed by atoms with Crippen LogP contribution in [-0.2, 0) is 21.1 Å². The first-order chi connectivity index (χ1) is 13.0. The van der Waals surface area contributed by atoms with Crippen LogP contribution in [0.4, 0.5) is 0 Å². The van der Waals surface area contributed by atoms with Crippen LogP contribution in [0.3, 0.4) is 0 Å². The maximum atomic E-state index is 12.7. The molecule has 1 N–H and O–H groups in total. The molecule has 4 rings (SSSR count). The van der Waals surface area contributed by atoms with Gasteiger partial charge in [0.1, 0.15) is 5.25 Å². The quantitative estimate of drug-likeness (QED) is 0.702. The zero-order valence-electron chi connectivity index (χ0n) is 14.7. The third kappa shape index (κ3) is 4.90. The van der Waals surface area contributed by atoms with Crippen molar-refractivity contribution in [2.24, 2.45) is 5.92 Å². The summed E-state index contributed by atoms with van der Waals surface area (Å²) in [5, 5.41) is 11.0. The van der Waals surface area contributed by atoms with Gasteiger partial charge in [0.25, 0.3) is 5.22 Å². The molecule has 2 fully saturated rings. The van der Waals surface area contributed by atoms with Gasteiger partial charge in [0.05, 0.1) is 11.5 Å². The van der Waals surface area contributed by atoms with E-state index < -0.39 is 15.1 Å². The van der Waals surface area contributed by atoms with Crippen LogP contribution < -0.4 is 5.32 Å². The topological polar surface area (TPSA) is 102 Å². The third-order valence-corrected chi connectivity index (χ3v) is 7.65. The van der Waals surface area contributed by atoms with Crippen molar-refractivity contribution in [3.8, 4) is 0 Å². The van der Waals surface area contributed by atoms with Crippen molar-refractivity contribution in [3.63, 3.8) is 0 Å². The summed E-state index contributed by atoms with van der Waals surface area (Å²) in [6.07, 6.45) is 3.13. The van der Waals surface area contributed by atoms with Gasteiger partial charge in [-0.05, 0) is 42.5 Å². The summed E-state index contributed by atoms with van der Waals surface area (Å²) >= 11 is 1.23. The molecule has 1 aromatic carbocycles. The van der Waals surface area contributed by atoms with Gasteiger partial charge < -0.3 is 9.73 Å². The standard InChI is InChI=1S/C18H21N3O4S2/c22-17(19-14-6-7-14)16(13-4-2-1-3-5-13)26-18-21-20-15(25-18)10-12-8-9-27(23,24)11-12/h1-5,12,14,16H,6-11H2,(H,19,22). The lowest BCUT2D eigenvalue weighted by atomic mass is 10.1. The van der Waals surface area contributed by atoms with Crippen molar-refractivity contribution in [2.45, 2.75) is 42.2 Å². The highest BCUT2D eigenvalue weighted by atomic mass is 32.2. The maximum absolute atomic E-state index is 12.7. The van der Waals surface area contributed by atoms with Gasteiger partial charge in [0, 0.05) is 12.5 Å². The lowest BCUT2D eigenvalue weighted by molar-refractivity contribution is -0.120. The SMILES string of the molecule is O=C(NC1CC1)C(Sc1nnc(CC2CCS(=O)(=O)C2)o1)c1ccccc1. The fraction of sp³-hybridized carbons (Fsp3) is 0.500. The molecule has 2 aliphatic rings. The number of nitrogens with zero attached hydrogens (tertiary/aromatic N) is 2. The minimum absolute atomic E-state index is 0.0244. The molecule has 9 heteroatoms. The van der Waals surface area contributed by atoms with Gasteiger partial charge in [0.15, 0.2) is 9.84 Å². The number of amides is 1. The minimum atomic E-state index is -2.93. The number of thioether (sulfide) groups is 1. The molecule has 1 saturated heterocycles. The van der Waals surface area contributed by atoms with Gasteiger partial charge in [-0.2, -0.15) is 0 Å². The Morgan fingerprint density at radius 2 is 2.00 bits per heavy atom. The summed E-state index contributed by atoms with van der Waals surface area (Å²) in [6.45, 7) is 0. The van der Waals surface area contributed by atoms with Crippen LogP contribution in [0.15, 0.2) is 40.0 Å². The van der Waals surface area contributed by atoms with Crippen molar-refractivity contribution in [1.29, 1.82) is 0 Å². The first-order valence-corrected chi connectivity index (χ1v) is 11.7. The molecule has 0 radical (unpaired) electrons. The van der Waals surface area contributed by atoms with E-state index in [-0.39, 0.29) is 29.4 Å². The summed E-state index contributed by atoms with van der Waals surface area (Å²) in [5.41, 5.74) is 0.877. The van der Waals surface area contributed by atoms with Crippen molar-refractivity contribution in [1.82, 2.24) is 15.5 Å². The monoisotopic (exact) mass is 407 g/mol. The molecule has 1 aliphatic carbocycles. The lowest BCUT2D eigenvalue weighted by Crippen LogP contribution is -2.29. The van der Waals surface area contributed by atoms with E-state index in [0.717, 1.165) is 18.4 Å². The number of carbonyl (C=O) groups excluding carboxylic acids is 1. The molecule has 2 atom stereocenters. The fourth-order valence-corrected chi connectivity index (χ4v) is 5.92. The molecule has 2 heterocycles. The Balaban J connectivity index is 1.45. The number of rotatable bonds is 7. The van der Waals surface area contributed by atoms with E-state index in [1.807, 2.05) is 30.3 Å². The maximum Gasteiger partial charge on any atom is 0.277 e. The molecule has 144 valence electrons. The molecule has 2 unspecified atom stereocenters. The van der Waals surface area contributed by atoms with Crippen LogP contribution in [0.25, 0.3) is 0 Å². The second-order valence-corrected chi connectivity index (χ2v) is 10.4. The zero-order valence-corrected chi connectivity index (χ0v) is 16.3. The fourth-order valence-electron chi connectivity index (χ4n) is 3.15. The van der Waals surface area contributed by atoms with Crippen LogP contribution in [0.2, 0.25) is 0 Å². The van der Waals surface area contributed by atoms with Gasteiger partial charge in [0.2, 0.25) is 11.8 Å². The number of benzene rings is 1. The van der Waals surface area contributed by atoms with E-state index in [1.54, 1.807) is 0 Å². The van der Waals surface area contributed by atoms with Gasteiger partial charge in [-0.25, -0.2) is 8.42 Å². The Kier molecular flexibility index (Phi) is 5.23. The molecule has 1 aromatic heterocycles. The predicted octanol–water partition coefficient (Wildman–Crippen LogP) is 2.16. The number of sulfone groups is 1. The Morgan fingerprint density at radius 3 is 2.67 bits per heavy atom. The highest BCUT2D eigenvalue weighted by Gasteiger charge is 2.32. The van der Waals surface area contributed by atoms with Crippen LogP contribution in [0, 0.1) is 5.92 Å². The molecular formula is C18H21N3O4S2. The number of aromatic nitrogens is 2. The Morgan fingerprint density at radius 1 is 1.22 bits per heavy atom. The molecule has 7 nitrogen and oxygen atoms in total. The third-order valence-electron chi connectivity index (χ3n) is 4.72. The van der Waals surface area contributed by atoms with Crippen molar-refractivity contribution in [3.05, 3.63) is 41.8 Å². The number of nitrogens with one attached hydrogen (secondary N) is 1. The largest absolute Gasteiger partial charge is 0.416 e. The van der Waals surface area contributed by atoms with E-state index in [1.165, 1.54) is 11.8 Å². The molecule has 2 aromatic rings. The van der Waals surface area contributed by atoms with Crippen molar-refractivity contribution < 1.29 is 17.6 Å². The van der Waals surface area contributed by atoms with Gasteiger partial charge in [-0.15, -0.1) is 10.2 Å². The molecule has 0 bridgehead atoms. The second kappa shape index (κ2) is 7.63. The Bertz CT molecular complexity index is 910. The smallest absolute Gasteiger partial charge is 0.277 e. The summed E-state index contributed by atoms with van der Waals surface area (Å²) < 4.78 is 28.9. The zero-order chi connectivity index (χ0) is 18.9. The van der Waals surface area contributed by atoms with Crippen LogP contribution in [0.5, 0.6) is 0 Å². The normalized spacial score (nSPS) is 22.4. The van der Waals surface area contributed by atoms with E-state index in [4.69, 9.17) is 4.42 Å². The van der Waals surface area contributed by atoms with Crippen LogP contribution in [0.1, 0.15) is 36.0 Å². The minimum Gasteiger partial charge on any atom is -0.416 e. The molecule has 0 spiro atoms. The number of hydrogen-bond acceptors (Lipinski definition) is 7. The average Bonchev–Trinajstić information content (AvgIpc) is 3.23. The van der Waals surface area contributed by atoms with E-state index >= 15 is 0 Å². The first-order valence-electron chi connectivity index (χ1n) is 9.03. The van der Waals surface area contributed by atoms with E-state index in [9.17, 15) is 13.2 Å². The molecule has 1 aliphatic heterocycles. The first kappa shape index (κ1) is 18.5. The molecule has 1 amide bonds. The highest BCUT2D eigenvalue weighted by Crippen LogP contribution is 2.36. The number of carbonyl (C=O) groups is 1. The Hall–Kier alpha value is -1.87. The van der Waals surface area contributed by atoms with Crippen LogP contribution in [-0.4, -0.2) is 42.1 Å². The molecular weight excluding hydrogens is 386 g/mol. The van der Waals surface area contributed by atoms with Crippen LogP contribution >= 0.6 is 11.8 Å². The summed E-state index contributed by atoms with van der Waals surface area (Å²) in [6, 6.07) is 9.78. The highest BCUT2D eigenvalue weighted by molar-refractivity contribution is 8.00. The average molecular weight is 408 g/mol. The summed E-state index contributed by atoms with van der Waals surface area (Å²) in [4.78, 5) is 12.7. The molecule has 27 heavy (non-hydrogen) atoms. The number of hydrogen-bond donors (Lipinski definition) is 1. The lowest BCUT2D eigenvalue weighted by Gasteiger charge is -2.14. The summed E-state index contributed by atoms with van der Waals surface area (Å²) in [5.74, 6) is 0.791.